The van der Waals surface area contributed by atoms with Gasteiger partial charge in [0.25, 0.3) is 0 Å². The van der Waals surface area contributed by atoms with Crippen molar-refractivity contribution in [1.29, 1.82) is 5.26 Å². The number of hydrogen-bond donors (Lipinski definition) is 2. The average Bonchev–Trinajstić information content (AvgIpc) is 3.28. The first-order valence-corrected chi connectivity index (χ1v) is 7.34. The number of nitrogens with zero attached hydrogens (tertiary/aromatic N) is 1. The fraction of sp³-hybridized carbons (Fsp3) is 0.500. The minimum atomic E-state index is -0.0592. The quantitative estimate of drug-likeness (QED) is 0.719. The number of ether oxygens (including phenoxy) is 1. The van der Waals surface area contributed by atoms with Gasteiger partial charge in [0.05, 0.1) is 12.7 Å². The summed E-state index contributed by atoms with van der Waals surface area (Å²) in [6.45, 7) is 0.498. The van der Waals surface area contributed by atoms with E-state index in [0.29, 0.717) is 43.2 Å². The molecular formula is C16H21N3O2. The molecule has 0 bridgehead atoms. The summed E-state index contributed by atoms with van der Waals surface area (Å²) in [6, 6.07) is 9.31. The van der Waals surface area contributed by atoms with E-state index in [4.69, 9.17) is 15.7 Å². The summed E-state index contributed by atoms with van der Waals surface area (Å²) in [7, 11) is 0. The van der Waals surface area contributed by atoms with Crippen molar-refractivity contribution < 1.29 is 9.53 Å². The lowest BCUT2D eigenvalue weighted by atomic mass is 10.1. The summed E-state index contributed by atoms with van der Waals surface area (Å²) >= 11 is 0. The van der Waals surface area contributed by atoms with Crippen LogP contribution in [0, 0.1) is 17.2 Å². The lowest BCUT2D eigenvalue weighted by molar-refractivity contribution is -0.116. The van der Waals surface area contributed by atoms with Crippen LogP contribution in [0.3, 0.4) is 0 Å². The van der Waals surface area contributed by atoms with Crippen LogP contribution in [0.5, 0.6) is 5.75 Å². The molecule has 0 spiro atoms. The smallest absolute Gasteiger partial charge is 0.225 e. The van der Waals surface area contributed by atoms with E-state index in [1.54, 1.807) is 6.07 Å². The Morgan fingerprint density at radius 2 is 2.33 bits per heavy atom. The Labute approximate surface area is 125 Å². The molecule has 112 valence electrons. The highest BCUT2D eigenvalue weighted by Gasteiger charge is 2.29. The third-order valence-corrected chi connectivity index (χ3v) is 3.47. The molecule has 0 radical (unpaired) electrons. The number of amides is 1. The normalized spacial score (nSPS) is 15.0. The summed E-state index contributed by atoms with van der Waals surface area (Å²) in [5.74, 6) is 1.15. The highest BCUT2D eigenvalue weighted by molar-refractivity contribution is 5.91. The fourth-order valence-electron chi connectivity index (χ4n) is 2.12. The predicted octanol–water partition coefficient (Wildman–Crippen LogP) is 2.44. The molecule has 1 amide bonds. The molecule has 1 unspecified atom stereocenters. The topological polar surface area (TPSA) is 88.1 Å². The van der Waals surface area contributed by atoms with Crippen LogP contribution in [0.4, 0.5) is 5.69 Å². The van der Waals surface area contributed by atoms with Crippen LogP contribution in [-0.2, 0) is 4.79 Å². The second kappa shape index (κ2) is 7.65. The van der Waals surface area contributed by atoms with Gasteiger partial charge in [0.2, 0.25) is 5.91 Å². The van der Waals surface area contributed by atoms with Crippen LogP contribution in [0.15, 0.2) is 24.3 Å². The first-order valence-electron chi connectivity index (χ1n) is 7.34. The average molecular weight is 287 g/mol. The standard InChI is InChI=1S/C16H21N3O2/c17-8-1-2-9-21-14-5-3-4-13(10-14)19-16(20)11-15(18)12-6-7-12/h3-5,10,12,15H,1-2,6-7,9,11,18H2,(H,19,20). The van der Waals surface area contributed by atoms with Crippen LogP contribution in [0.2, 0.25) is 0 Å². The first kappa shape index (κ1) is 15.3. The number of rotatable bonds is 8. The fourth-order valence-corrected chi connectivity index (χ4v) is 2.12. The Kier molecular flexibility index (Phi) is 5.59. The molecular weight excluding hydrogens is 266 g/mol. The van der Waals surface area contributed by atoms with Gasteiger partial charge in [-0.2, -0.15) is 5.26 Å². The molecule has 3 N–H and O–H groups in total. The zero-order valence-electron chi connectivity index (χ0n) is 12.0. The van der Waals surface area contributed by atoms with E-state index in [-0.39, 0.29) is 11.9 Å². The Bertz CT molecular complexity index is 520. The van der Waals surface area contributed by atoms with E-state index in [0.717, 1.165) is 12.8 Å². The maximum atomic E-state index is 11.9. The summed E-state index contributed by atoms with van der Waals surface area (Å²) in [5, 5.41) is 11.3. The van der Waals surface area contributed by atoms with Gasteiger partial charge in [0.1, 0.15) is 5.75 Å². The van der Waals surface area contributed by atoms with Gasteiger partial charge in [-0.15, -0.1) is 0 Å². The van der Waals surface area contributed by atoms with Gasteiger partial charge >= 0.3 is 0 Å². The van der Waals surface area contributed by atoms with Gasteiger partial charge in [-0.05, 0) is 37.3 Å². The van der Waals surface area contributed by atoms with Crippen molar-refractivity contribution in [3.05, 3.63) is 24.3 Å². The second-order valence-corrected chi connectivity index (χ2v) is 5.39. The van der Waals surface area contributed by atoms with E-state index in [2.05, 4.69) is 11.4 Å². The number of carbonyl (C=O) groups is 1. The van der Waals surface area contributed by atoms with E-state index < -0.39 is 0 Å². The predicted molar refractivity (Wildman–Crippen MR) is 80.7 cm³/mol. The molecule has 0 aliphatic heterocycles. The molecule has 1 fully saturated rings. The van der Waals surface area contributed by atoms with Crippen LogP contribution < -0.4 is 15.8 Å². The third kappa shape index (κ3) is 5.44. The van der Waals surface area contributed by atoms with Crippen molar-refractivity contribution in [2.75, 3.05) is 11.9 Å². The van der Waals surface area contributed by atoms with Gasteiger partial charge in [0, 0.05) is 30.6 Å². The molecule has 1 aliphatic rings. The Morgan fingerprint density at radius 3 is 3.05 bits per heavy atom. The summed E-state index contributed by atoms with van der Waals surface area (Å²) in [5.41, 5.74) is 6.65. The largest absolute Gasteiger partial charge is 0.493 e. The SMILES string of the molecule is N#CCCCOc1cccc(NC(=O)CC(N)C2CC2)c1. The number of nitriles is 1. The van der Waals surface area contributed by atoms with E-state index >= 15 is 0 Å². The molecule has 1 aliphatic carbocycles. The van der Waals surface area contributed by atoms with Gasteiger partial charge in [-0.25, -0.2) is 0 Å². The third-order valence-electron chi connectivity index (χ3n) is 3.47. The van der Waals surface area contributed by atoms with E-state index in [9.17, 15) is 4.79 Å². The molecule has 0 aromatic heterocycles. The number of nitrogens with one attached hydrogen (secondary N) is 1. The summed E-state index contributed by atoms with van der Waals surface area (Å²) in [6.07, 6.45) is 3.82. The van der Waals surface area contributed by atoms with Crippen molar-refractivity contribution in [3.8, 4) is 11.8 Å². The highest BCUT2D eigenvalue weighted by atomic mass is 16.5. The molecule has 1 aromatic carbocycles. The Morgan fingerprint density at radius 1 is 1.52 bits per heavy atom. The van der Waals surface area contributed by atoms with Gasteiger partial charge in [-0.3, -0.25) is 4.79 Å². The van der Waals surface area contributed by atoms with Crippen LogP contribution in [-0.4, -0.2) is 18.6 Å². The van der Waals surface area contributed by atoms with Crippen molar-refractivity contribution in [2.24, 2.45) is 11.7 Å². The molecule has 21 heavy (non-hydrogen) atoms. The van der Waals surface area contributed by atoms with Crippen molar-refractivity contribution in [3.63, 3.8) is 0 Å². The molecule has 1 atom stereocenters. The number of carbonyl (C=O) groups excluding carboxylic acids is 1. The van der Waals surface area contributed by atoms with Crippen LogP contribution >= 0.6 is 0 Å². The van der Waals surface area contributed by atoms with Crippen molar-refractivity contribution >= 4 is 11.6 Å². The molecule has 1 aromatic rings. The highest BCUT2D eigenvalue weighted by Crippen LogP contribution is 2.32. The maximum absolute atomic E-state index is 11.9. The molecule has 5 nitrogen and oxygen atoms in total. The van der Waals surface area contributed by atoms with Crippen molar-refractivity contribution in [1.82, 2.24) is 0 Å². The lowest BCUT2D eigenvalue weighted by Crippen LogP contribution is -2.28. The first-order chi connectivity index (χ1) is 10.2. The van der Waals surface area contributed by atoms with E-state index in [1.165, 1.54) is 0 Å². The second-order valence-electron chi connectivity index (χ2n) is 5.39. The van der Waals surface area contributed by atoms with Crippen LogP contribution in [0.1, 0.15) is 32.1 Å². The maximum Gasteiger partial charge on any atom is 0.225 e. The van der Waals surface area contributed by atoms with E-state index in [1.807, 2.05) is 18.2 Å². The zero-order valence-corrected chi connectivity index (χ0v) is 12.0. The summed E-state index contributed by atoms with van der Waals surface area (Å²) < 4.78 is 5.53. The van der Waals surface area contributed by atoms with Gasteiger partial charge < -0.3 is 15.8 Å². The Balaban J connectivity index is 1.79. The van der Waals surface area contributed by atoms with Crippen LogP contribution in [0.25, 0.3) is 0 Å². The molecule has 0 heterocycles. The molecule has 0 saturated heterocycles. The number of unbranched alkanes of at least 4 members (excludes halogenated alkanes) is 1. The number of hydrogen-bond acceptors (Lipinski definition) is 4. The van der Waals surface area contributed by atoms with Crippen molar-refractivity contribution in [2.45, 2.75) is 38.1 Å². The zero-order chi connectivity index (χ0) is 15.1. The van der Waals surface area contributed by atoms with Gasteiger partial charge in [0.15, 0.2) is 0 Å². The molecule has 1 saturated carbocycles. The summed E-state index contributed by atoms with van der Waals surface area (Å²) in [4.78, 5) is 11.9. The minimum absolute atomic E-state index is 0.0320. The number of benzene rings is 1. The minimum Gasteiger partial charge on any atom is -0.493 e. The number of nitrogens with two attached hydrogens (primary N) is 1. The van der Waals surface area contributed by atoms with Gasteiger partial charge in [-0.1, -0.05) is 6.07 Å². The number of anilines is 1. The lowest BCUT2D eigenvalue weighted by Gasteiger charge is -2.11. The Hall–Kier alpha value is -2.06. The molecule has 5 heteroatoms. The monoisotopic (exact) mass is 287 g/mol. The molecule has 2 rings (SSSR count).